The fourth-order valence-corrected chi connectivity index (χ4v) is 5.97. The molecule has 2 aromatic carbocycles. The summed E-state index contributed by atoms with van der Waals surface area (Å²) >= 11 is 0. The van der Waals surface area contributed by atoms with Gasteiger partial charge in [-0.05, 0) is 55.5 Å². The van der Waals surface area contributed by atoms with Crippen molar-refractivity contribution in [1.29, 1.82) is 0 Å². The zero-order chi connectivity index (χ0) is 27.6. The number of halogens is 3. The number of H-pyrrole nitrogens is 1. The third kappa shape index (κ3) is 7.21. The molecule has 0 spiro atoms. The van der Waals surface area contributed by atoms with Crippen molar-refractivity contribution in [2.75, 3.05) is 39.3 Å². The van der Waals surface area contributed by atoms with Gasteiger partial charge in [0.15, 0.2) is 0 Å². The molecule has 6 rings (SSSR count). The van der Waals surface area contributed by atoms with Crippen molar-refractivity contribution in [2.45, 2.75) is 44.9 Å². The molecular formula is C31H39Cl2FN4O4. The summed E-state index contributed by atoms with van der Waals surface area (Å²) in [6, 6.07) is 12.2. The largest absolute Gasteiger partial charge is 0.488 e. The van der Waals surface area contributed by atoms with E-state index in [0.29, 0.717) is 22.9 Å². The highest BCUT2D eigenvalue weighted by atomic mass is 35.5. The first kappa shape index (κ1) is 32.1. The van der Waals surface area contributed by atoms with E-state index < -0.39 is 0 Å². The van der Waals surface area contributed by atoms with Gasteiger partial charge in [-0.3, -0.25) is 4.79 Å². The first-order valence-electron chi connectivity index (χ1n) is 14.3. The number of furan rings is 1. The maximum atomic E-state index is 13.5. The third-order valence-electron chi connectivity index (χ3n) is 8.47. The predicted molar refractivity (Wildman–Crippen MR) is 166 cm³/mol. The number of nitrogens with zero attached hydrogens (tertiary/aromatic N) is 2. The van der Waals surface area contributed by atoms with E-state index in [9.17, 15) is 14.3 Å². The smallest absolute Gasteiger partial charge is 0.267 e. The molecule has 2 aliphatic rings. The molecule has 2 atom stereocenters. The van der Waals surface area contributed by atoms with Crippen molar-refractivity contribution in [1.82, 2.24) is 20.1 Å². The topological polar surface area (TPSA) is 94.0 Å². The van der Waals surface area contributed by atoms with Crippen LogP contribution in [0.25, 0.3) is 21.9 Å². The van der Waals surface area contributed by atoms with E-state index in [1.54, 1.807) is 12.3 Å². The van der Waals surface area contributed by atoms with Crippen molar-refractivity contribution in [3.8, 4) is 5.75 Å². The van der Waals surface area contributed by atoms with Crippen molar-refractivity contribution in [3.63, 3.8) is 0 Å². The minimum Gasteiger partial charge on any atom is -0.488 e. The maximum Gasteiger partial charge on any atom is 0.267 e. The van der Waals surface area contributed by atoms with Crippen molar-refractivity contribution in [2.24, 2.45) is 5.92 Å². The van der Waals surface area contributed by atoms with Gasteiger partial charge < -0.3 is 34.4 Å². The van der Waals surface area contributed by atoms with Gasteiger partial charge in [-0.25, -0.2) is 4.39 Å². The Kier molecular flexibility index (Phi) is 10.8. The second kappa shape index (κ2) is 14.1. The monoisotopic (exact) mass is 620 g/mol. The molecule has 0 aliphatic carbocycles. The molecule has 2 fully saturated rings. The molecule has 2 aliphatic heterocycles. The normalized spacial score (nSPS) is 20.3. The molecule has 11 heteroatoms. The summed E-state index contributed by atoms with van der Waals surface area (Å²) in [5, 5.41) is 14.8. The number of likely N-dealkylation sites (tertiary alicyclic amines) is 2. The SMILES string of the molecule is C[C@H]1CN(CCN2CCC(NC(=O)c3cc4c(OCc5coc6cc(F)ccc56)cccc4[nH]3)CC2)CC[C@@H]1O.Cl.Cl. The summed E-state index contributed by atoms with van der Waals surface area (Å²) in [6.45, 7) is 8.32. The number of aliphatic hydroxyl groups excluding tert-OH is 1. The first-order valence-corrected chi connectivity index (χ1v) is 14.3. The van der Waals surface area contributed by atoms with Crippen LogP contribution in [0.2, 0.25) is 0 Å². The molecule has 3 N–H and O–H groups in total. The van der Waals surface area contributed by atoms with E-state index in [0.717, 1.165) is 80.4 Å². The molecule has 8 nitrogen and oxygen atoms in total. The molecule has 4 heterocycles. The van der Waals surface area contributed by atoms with Crippen LogP contribution in [0.1, 0.15) is 42.2 Å². The van der Waals surface area contributed by atoms with E-state index in [-0.39, 0.29) is 55.3 Å². The fourth-order valence-electron chi connectivity index (χ4n) is 5.97. The van der Waals surface area contributed by atoms with Crippen LogP contribution in [-0.2, 0) is 6.61 Å². The zero-order valence-corrected chi connectivity index (χ0v) is 25.3. The lowest BCUT2D eigenvalue weighted by Crippen LogP contribution is -2.48. The van der Waals surface area contributed by atoms with Gasteiger partial charge in [-0.15, -0.1) is 24.8 Å². The Morgan fingerprint density at radius 1 is 1.07 bits per heavy atom. The Labute approximate surface area is 257 Å². The standard InChI is InChI=1S/C31H37FN4O4.2ClH/c1-20-17-36(12-9-28(20)37)14-13-35-10-7-23(8-11-35)33-31(38)27-16-25-26(34-27)3-2-4-29(25)39-18-21-19-40-30-15-22(32)5-6-24(21)30;;/h2-6,15-16,19-20,23,28,34,37H,7-14,17-18H2,1H3,(H,33,38);2*1H/t20-,28-;;/m0../s1. The summed E-state index contributed by atoms with van der Waals surface area (Å²) < 4.78 is 25.1. The molecule has 0 saturated carbocycles. The molecule has 2 aromatic heterocycles. The van der Waals surface area contributed by atoms with Gasteiger partial charge in [-0.1, -0.05) is 13.0 Å². The Morgan fingerprint density at radius 2 is 1.83 bits per heavy atom. The quantitative estimate of drug-likeness (QED) is 0.245. The van der Waals surface area contributed by atoms with Gasteiger partial charge in [0.2, 0.25) is 0 Å². The molecule has 42 heavy (non-hydrogen) atoms. The van der Waals surface area contributed by atoms with Crippen LogP contribution in [0, 0.1) is 11.7 Å². The fraction of sp³-hybridized carbons (Fsp3) is 0.452. The van der Waals surface area contributed by atoms with E-state index in [2.05, 4.69) is 27.0 Å². The van der Waals surface area contributed by atoms with Crippen LogP contribution in [0.4, 0.5) is 4.39 Å². The van der Waals surface area contributed by atoms with Crippen LogP contribution in [-0.4, -0.2) is 77.2 Å². The average Bonchev–Trinajstić information content (AvgIpc) is 3.57. The van der Waals surface area contributed by atoms with Crippen molar-refractivity contribution in [3.05, 3.63) is 65.8 Å². The van der Waals surface area contributed by atoms with Crippen LogP contribution >= 0.6 is 24.8 Å². The molecule has 0 unspecified atom stereocenters. The van der Waals surface area contributed by atoms with Crippen LogP contribution < -0.4 is 10.1 Å². The Hall–Kier alpha value is -2.82. The number of benzene rings is 2. The number of hydrogen-bond acceptors (Lipinski definition) is 6. The minimum absolute atomic E-state index is 0. The number of carbonyl (C=O) groups excluding carboxylic acids is 1. The van der Waals surface area contributed by atoms with E-state index in [1.807, 2.05) is 24.3 Å². The Bertz CT molecular complexity index is 1490. The van der Waals surface area contributed by atoms with Gasteiger partial charge in [0, 0.05) is 73.2 Å². The van der Waals surface area contributed by atoms with E-state index in [4.69, 9.17) is 9.15 Å². The Morgan fingerprint density at radius 3 is 2.62 bits per heavy atom. The molecular weight excluding hydrogens is 582 g/mol. The average molecular weight is 622 g/mol. The number of ether oxygens (including phenoxy) is 1. The van der Waals surface area contributed by atoms with Crippen molar-refractivity contribution >= 4 is 52.6 Å². The van der Waals surface area contributed by atoms with Crippen molar-refractivity contribution < 1.29 is 23.4 Å². The lowest BCUT2D eigenvalue weighted by molar-refractivity contribution is 0.0301. The molecule has 0 radical (unpaired) electrons. The number of aliphatic hydroxyl groups is 1. The number of rotatable bonds is 8. The Balaban J connectivity index is 0.00000202. The number of aromatic nitrogens is 1. The summed E-state index contributed by atoms with van der Waals surface area (Å²) in [5.74, 6) is 0.554. The molecule has 228 valence electrons. The molecule has 4 aromatic rings. The number of piperidine rings is 2. The minimum atomic E-state index is -0.340. The second-order valence-electron chi connectivity index (χ2n) is 11.3. The number of aromatic amines is 1. The highest BCUT2D eigenvalue weighted by Crippen LogP contribution is 2.29. The lowest BCUT2D eigenvalue weighted by atomic mass is 9.97. The second-order valence-corrected chi connectivity index (χ2v) is 11.3. The van der Waals surface area contributed by atoms with Crippen LogP contribution in [0.3, 0.4) is 0 Å². The number of fused-ring (bicyclic) bond motifs is 2. The maximum absolute atomic E-state index is 13.5. The highest BCUT2D eigenvalue weighted by molar-refractivity contribution is 5.99. The molecule has 1 amide bonds. The predicted octanol–water partition coefficient (Wildman–Crippen LogP) is 5.37. The summed E-state index contributed by atoms with van der Waals surface area (Å²) in [7, 11) is 0. The lowest BCUT2D eigenvalue weighted by Gasteiger charge is -2.37. The van der Waals surface area contributed by atoms with Gasteiger partial charge in [0.05, 0.1) is 12.4 Å². The van der Waals surface area contributed by atoms with Gasteiger partial charge in [-0.2, -0.15) is 0 Å². The van der Waals surface area contributed by atoms with Crippen LogP contribution in [0.5, 0.6) is 5.75 Å². The summed E-state index contributed by atoms with van der Waals surface area (Å²) in [6.07, 6.45) is 4.14. The van der Waals surface area contributed by atoms with Gasteiger partial charge in [0.25, 0.3) is 5.91 Å². The molecule has 0 bridgehead atoms. The number of nitrogens with one attached hydrogen (secondary N) is 2. The zero-order valence-electron chi connectivity index (χ0n) is 23.7. The van der Waals surface area contributed by atoms with Crippen LogP contribution in [0.15, 0.2) is 53.1 Å². The summed E-state index contributed by atoms with van der Waals surface area (Å²) in [5.41, 5.74) is 2.66. The number of hydrogen-bond donors (Lipinski definition) is 3. The third-order valence-corrected chi connectivity index (χ3v) is 8.47. The summed E-state index contributed by atoms with van der Waals surface area (Å²) in [4.78, 5) is 21.3. The van der Waals surface area contributed by atoms with E-state index >= 15 is 0 Å². The first-order chi connectivity index (χ1) is 19.4. The number of carbonyl (C=O) groups is 1. The molecule has 2 saturated heterocycles. The van der Waals surface area contributed by atoms with Gasteiger partial charge in [0.1, 0.15) is 29.5 Å². The number of amides is 1. The van der Waals surface area contributed by atoms with Gasteiger partial charge >= 0.3 is 0 Å². The van der Waals surface area contributed by atoms with E-state index in [1.165, 1.54) is 12.1 Å². The highest BCUT2D eigenvalue weighted by Gasteiger charge is 2.26.